The Kier molecular flexibility index (Phi) is 7.18. The largest absolute Gasteiger partial charge is 0.378 e. The van der Waals surface area contributed by atoms with Crippen LogP contribution in [0.5, 0.6) is 0 Å². The third kappa shape index (κ3) is 5.29. The molecular weight excluding hydrogens is 426 g/mol. The number of tetrazole rings is 1. The van der Waals surface area contributed by atoms with Crippen LogP contribution in [0.25, 0.3) is 0 Å². The van der Waals surface area contributed by atoms with E-state index in [1.165, 1.54) is 16.8 Å². The molecule has 2 atom stereocenters. The molecule has 1 aromatic heterocycles. The summed E-state index contributed by atoms with van der Waals surface area (Å²) in [6.45, 7) is 6.53. The van der Waals surface area contributed by atoms with Gasteiger partial charge in [0.1, 0.15) is 0 Å². The van der Waals surface area contributed by atoms with E-state index in [2.05, 4.69) is 98.9 Å². The van der Waals surface area contributed by atoms with E-state index >= 15 is 0 Å². The van der Waals surface area contributed by atoms with Gasteiger partial charge in [0.25, 0.3) is 0 Å². The monoisotopic (exact) mass is 461 g/mol. The summed E-state index contributed by atoms with van der Waals surface area (Å²) in [6.07, 6.45) is 2.38. The molecule has 0 spiro atoms. The van der Waals surface area contributed by atoms with Crippen LogP contribution >= 0.6 is 0 Å². The quantitative estimate of drug-likeness (QED) is 0.511. The van der Waals surface area contributed by atoms with Gasteiger partial charge < -0.3 is 9.64 Å². The Morgan fingerprint density at radius 2 is 1.76 bits per heavy atom. The molecule has 2 aliphatic heterocycles. The topological polar surface area (TPSA) is 62.6 Å². The molecule has 3 aromatic rings. The van der Waals surface area contributed by atoms with E-state index in [0.717, 1.165) is 58.0 Å². The summed E-state index contributed by atoms with van der Waals surface area (Å²) >= 11 is 0. The van der Waals surface area contributed by atoms with Crippen LogP contribution in [0.4, 0.5) is 5.69 Å². The Hall–Kier alpha value is -2.81. The smallest absolute Gasteiger partial charge is 0.173 e. The fourth-order valence-electron chi connectivity index (χ4n) is 5.02. The van der Waals surface area contributed by atoms with Crippen molar-refractivity contribution in [3.05, 3.63) is 71.5 Å². The molecule has 2 saturated heterocycles. The number of benzene rings is 2. The summed E-state index contributed by atoms with van der Waals surface area (Å²) in [6, 6.07) is 19.6. The van der Waals surface area contributed by atoms with Gasteiger partial charge in [-0.3, -0.25) is 9.80 Å². The van der Waals surface area contributed by atoms with Crippen molar-refractivity contribution >= 4 is 5.69 Å². The first-order chi connectivity index (χ1) is 16.7. The number of ether oxygens (including phenoxy) is 1. The van der Waals surface area contributed by atoms with Crippen LogP contribution in [0.15, 0.2) is 54.6 Å². The van der Waals surface area contributed by atoms with Gasteiger partial charge in [0.15, 0.2) is 5.82 Å². The molecule has 180 valence electrons. The van der Waals surface area contributed by atoms with Crippen molar-refractivity contribution in [1.29, 1.82) is 0 Å². The van der Waals surface area contributed by atoms with Crippen LogP contribution in [-0.4, -0.2) is 83.0 Å². The third-order valence-electron chi connectivity index (χ3n) is 6.95. The van der Waals surface area contributed by atoms with E-state index < -0.39 is 0 Å². The van der Waals surface area contributed by atoms with Gasteiger partial charge in [-0.2, -0.15) is 0 Å². The average molecular weight is 462 g/mol. The van der Waals surface area contributed by atoms with E-state index in [1.807, 2.05) is 4.68 Å². The van der Waals surface area contributed by atoms with E-state index in [0.29, 0.717) is 6.54 Å². The van der Waals surface area contributed by atoms with Gasteiger partial charge in [-0.25, -0.2) is 4.68 Å². The van der Waals surface area contributed by atoms with Gasteiger partial charge in [-0.15, -0.1) is 5.10 Å². The van der Waals surface area contributed by atoms with Gasteiger partial charge in [0.05, 0.1) is 18.7 Å². The number of hydrogen-bond acceptors (Lipinski definition) is 7. The first-order valence-corrected chi connectivity index (χ1v) is 12.3. The zero-order valence-electron chi connectivity index (χ0n) is 20.3. The second-order valence-electron chi connectivity index (χ2n) is 9.54. The molecule has 2 aliphatic rings. The normalized spacial score (nSPS) is 20.5. The van der Waals surface area contributed by atoms with E-state index in [-0.39, 0.29) is 12.1 Å². The predicted molar refractivity (Wildman–Crippen MR) is 133 cm³/mol. The second kappa shape index (κ2) is 10.6. The zero-order chi connectivity index (χ0) is 23.3. The minimum atomic E-state index is 0.0199. The Labute approximate surface area is 202 Å². The maximum Gasteiger partial charge on any atom is 0.173 e. The highest BCUT2D eigenvalue weighted by atomic mass is 16.5. The van der Waals surface area contributed by atoms with E-state index in [4.69, 9.17) is 4.74 Å². The molecule has 0 saturated carbocycles. The van der Waals surface area contributed by atoms with E-state index in [1.54, 1.807) is 0 Å². The summed E-state index contributed by atoms with van der Waals surface area (Å²) in [5, 5.41) is 13.0. The number of aromatic nitrogens is 4. The molecule has 3 heterocycles. The number of rotatable bonds is 8. The molecular formula is C26H35N7O. The third-order valence-corrected chi connectivity index (χ3v) is 6.95. The summed E-state index contributed by atoms with van der Waals surface area (Å²) in [4.78, 5) is 7.19. The van der Waals surface area contributed by atoms with Gasteiger partial charge in [-0.1, -0.05) is 42.5 Å². The molecule has 0 N–H and O–H groups in total. The fraction of sp³-hybridized carbons (Fsp3) is 0.500. The first kappa shape index (κ1) is 23.0. The lowest BCUT2D eigenvalue weighted by Crippen LogP contribution is -2.48. The van der Waals surface area contributed by atoms with Gasteiger partial charge in [0, 0.05) is 59.1 Å². The highest BCUT2D eigenvalue weighted by molar-refractivity contribution is 5.47. The number of hydrogen-bond donors (Lipinski definition) is 0. The Bertz CT molecular complexity index is 1020. The lowest BCUT2D eigenvalue weighted by molar-refractivity contribution is 0.0842. The second-order valence-corrected chi connectivity index (χ2v) is 9.54. The number of anilines is 1. The summed E-state index contributed by atoms with van der Waals surface area (Å²) in [5.74, 6) is 0.907. The Morgan fingerprint density at radius 3 is 2.44 bits per heavy atom. The van der Waals surface area contributed by atoms with Crippen LogP contribution < -0.4 is 4.90 Å². The fourth-order valence-corrected chi connectivity index (χ4v) is 5.02. The van der Waals surface area contributed by atoms with Gasteiger partial charge in [0.2, 0.25) is 0 Å². The minimum absolute atomic E-state index is 0.0199. The molecule has 0 aliphatic carbocycles. The molecule has 2 aromatic carbocycles. The van der Waals surface area contributed by atoms with Crippen molar-refractivity contribution in [2.45, 2.75) is 38.1 Å². The van der Waals surface area contributed by atoms with Crippen molar-refractivity contribution in [2.75, 3.05) is 51.8 Å². The molecule has 5 rings (SSSR count). The van der Waals surface area contributed by atoms with Gasteiger partial charge in [-0.05, 0) is 46.5 Å². The van der Waals surface area contributed by atoms with Crippen LogP contribution in [-0.2, 0) is 17.8 Å². The molecule has 8 heteroatoms. The van der Waals surface area contributed by atoms with Crippen molar-refractivity contribution in [3.8, 4) is 0 Å². The SMILES string of the molecule is CN(C)c1ccc([C@H](c2nnnn2C[C@H]2CCCO2)N2CCN(Cc3ccccc3)CC2)cc1. The highest BCUT2D eigenvalue weighted by Gasteiger charge is 2.31. The van der Waals surface area contributed by atoms with E-state index in [9.17, 15) is 0 Å². The van der Waals surface area contributed by atoms with Crippen LogP contribution in [0.2, 0.25) is 0 Å². The molecule has 34 heavy (non-hydrogen) atoms. The van der Waals surface area contributed by atoms with Crippen LogP contribution in [0, 0.1) is 0 Å². The first-order valence-electron chi connectivity index (χ1n) is 12.3. The molecule has 0 unspecified atom stereocenters. The summed E-state index contributed by atoms with van der Waals surface area (Å²) in [7, 11) is 4.14. The molecule has 0 bridgehead atoms. The number of piperazine rings is 1. The van der Waals surface area contributed by atoms with Crippen molar-refractivity contribution < 1.29 is 4.74 Å². The van der Waals surface area contributed by atoms with Crippen LogP contribution in [0.3, 0.4) is 0 Å². The summed E-state index contributed by atoms with van der Waals surface area (Å²) < 4.78 is 7.85. The average Bonchev–Trinajstić information content (AvgIpc) is 3.54. The van der Waals surface area contributed by atoms with Gasteiger partial charge >= 0.3 is 0 Å². The standard InChI is InChI=1S/C26H35N7O/c1-30(2)23-12-10-22(11-13-23)25(26-27-28-29-33(26)20-24-9-6-18-34-24)32-16-14-31(15-17-32)19-21-7-4-3-5-8-21/h3-5,7-8,10-13,24-25H,6,9,14-20H2,1-2H3/t24-,25-/m1/s1. The lowest BCUT2D eigenvalue weighted by Gasteiger charge is -2.39. The Morgan fingerprint density at radius 1 is 1.00 bits per heavy atom. The predicted octanol–water partition coefficient (Wildman–Crippen LogP) is 2.83. The van der Waals surface area contributed by atoms with Crippen molar-refractivity contribution in [1.82, 2.24) is 30.0 Å². The molecule has 2 fully saturated rings. The minimum Gasteiger partial charge on any atom is -0.378 e. The molecule has 0 radical (unpaired) electrons. The maximum atomic E-state index is 5.88. The van der Waals surface area contributed by atoms with Crippen molar-refractivity contribution in [3.63, 3.8) is 0 Å². The molecule has 0 amide bonds. The Balaban J connectivity index is 1.36. The zero-order valence-corrected chi connectivity index (χ0v) is 20.3. The molecule has 8 nitrogen and oxygen atoms in total. The number of nitrogens with zero attached hydrogens (tertiary/aromatic N) is 7. The van der Waals surface area contributed by atoms with Crippen LogP contribution in [0.1, 0.15) is 35.8 Å². The highest BCUT2D eigenvalue weighted by Crippen LogP contribution is 2.30. The maximum absolute atomic E-state index is 5.88. The summed E-state index contributed by atoms with van der Waals surface area (Å²) in [5.41, 5.74) is 3.78. The van der Waals surface area contributed by atoms with Crippen molar-refractivity contribution in [2.24, 2.45) is 0 Å². The lowest BCUT2D eigenvalue weighted by atomic mass is 10.0.